The van der Waals surface area contributed by atoms with Gasteiger partial charge >= 0.3 is 0 Å². The van der Waals surface area contributed by atoms with Gasteiger partial charge in [-0.05, 0) is 43.2 Å². The van der Waals surface area contributed by atoms with Gasteiger partial charge in [0.25, 0.3) is 0 Å². The third-order valence-corrected chi connectivity index (χ3v) is 3.20. The van der Waals surface area contributed by atoms with Gasteiger partial charge in [-0.2, -0.15) is 0 Å². The zero-order valence-corrected chi connectivity index (χ0v) is 11.2. The molecule has 0 fully saturated rings. The molecule has 0 saturated carbocycles. The number of hydrogen-bond donors (Lipinski definition) is 0. The molecule has 1 nitrogen and oxygen atoms in total. The average molecular weight is 229 g/mol. The van der Waals surface area contributed by atoms with Gasteiger partial charge in [0.1, 0.15) is 0 Å². The lowest BCUT2D eigenvalue weighted by molar-refractivity contribution is 0.562. The predicted octanol–water partition coefficient (Wildman–Crippen LogP) is 4.09. The Morgan fingerprint density at radius 3 is 2.41 bits per heavy atom. The van der Waals surface area contributed by atoms with Crippen molar-refractivity contribution in [1.29, 1.82) is 0 Å². The van der Waals surface area contributed by atoms with E-state index in [1.54, 1.807) is 0 Å². The van der Waals surface area contributed by atoms with E-state index in [1.807, 2.05) is 26.2 Å². The lowest BCUT2D eigenvalue weighted by Crippen LogP contribution is -2.11. The molecule has 1 heteroatoms. The maximum Gasteiger partial charge on any atom is 0.00556 e. The number of nitrogens with zero attached hydrogens (tertiary/aromatic N) is 1. The van der Waals surface area contributed by atoms with Crippen molar-refractivity contribution < 1.29 is 0 Å². The van der Waals surface area contributed by atoms with E-state index in [4.69, 9.17) is 0 Å². The van der Waals surface area contributed by atoms with Crippen LogP contribution in [0, 0.1) is 5.92 Å². The summed E-state index contributed by atoms with van der Waals surface area (Å²) in [7, 11) is 4.08. The molecule has 0 aliphatic heterocycles. The van der Waals surface area contributed by atoms with Crippen molar-refractivity contribution in [3.63, 3.8) is 0 Å². The fourth-order valence-corrected chi connectivity index (χ4v) is 2.13. The third kappa shape index (κ3) is 3.48. The molecule has 1 rings (SSSR count). The van der Waals surface area contributed by atoms with Gasteiger partial charge in [-0.1, -0.05) is 30.4 Å². The molecule has 0 N–H and O–H groups in total. The third-order valence-electron chi connectivity index (χ3n) is 3.20. The van der Waals surface area contributed by atoms with Crippen LogP contribution in [0.3, 0.4) is 0 Å². The number of hydrogen-bond acceptors (Lipinski definition) is 1. The van der Waals surface area contributed by atoms with Crippen LogP contribution in [0.15, 0.2) is 60.4 Å². The highest BCUT2D eigenvalue weighted by Crippen LogP contribution is 2.35. The molecule has 1 atom stereocenters. The number of rotatable bonds is 4. The predicted molar refractivity (Wildman–Crippen MR) is 76.7 cm³/mol. The highest BCUT2D eigenvalue weighted by Gasteiger charge is 2.19. The van der Waals surface area contributed by atoms with Crippen LogP contribution in [-0.4, -0.2) is 19.0 Å². The van der Waals surface area contributed by atoms with Crippen LogP contribution in [0.5, 0.6) is 0 Å². The molecule has 0 heterocycles. The Bertz CT molecular complexity index is 380. The Morgan fingerprint density at radius 1 is 1.24 bits per heavy atom. The Hall–Kier alpha value is -1.50. The van der Waals surface area contributed by atoms with Crippen LogP contribution >= 0.6 is 0 Å². The molecule has 0 bridgehead atoms. The second-order valence-corrected chi connectivity index (χ2v) is 4.62. The fourth-order valence-electron chi connectivity index (χ4n) is 2.13. The molecular weight excluding hydrogens is 206 g/mol. The standard InChI is InChI=1S/C16H23N/c1-6-13-11-15(8-3)16(9-10-17(4)5)12-14(13)7-2/h6-10,13H,1,3,11-12H2,2,4-5H3. The minimum atomic E-state index is 0.476. The minimum absolute atomic E-state index is 0.476. The second kappa shape index (κ2) is 6.29. The summed E-state index contributed by atoms with van der Waals surface area (Å²) in [6, 6.07) is 0. The summed E-state index contributed by atoms with van der Waals surface area (Å²) in [5.41, 5.74) is 4.18. The van der Waals surface area contributed by atoms with Crippen molar-refractivity contribution >= 4 is 0 Å². The largest absolute Gasteiger partial charge is 0.383 e. The molecule has 0 spiro atoms. The summed E-state index contributed by atoms with van der Waals surface area (Å²) >= 11 is 0. The minimum Gasteiger partial charge on any atom is -0.383 e. The van der Waals surface area contributed by atoms with Crippen LogP contribution in [0.25, 0.3) is 0 Å². The first-order valence-corrected chi connectivity index (χ1v) is 6.09. The summed E-state index contributed by atoms with van der Waals surface area (Å²) in [6.45, 7) is 9.96. The molecule has 0 aromatic carbocycles. The van der Waals surface area contributed by atoms with Gasteiger partial charge in [-0.3, -0.25) is 0 Å². The second-order valence-electron chi connectivity index (χ2n) is 4.62. The van der Waals surface area contributed by atoms with Gasteiger partial charge in [0.15, 0.2) is 0 Å². The van der Waals surface area contributed by atoms with Gasteiger partial charge < -0.3 is 4.90 Å². The van der Waals surface area contributed by atoms with Crippen LogP contribution < -0.4 is 0 Å². The zero-order valence-electron chi connectivity index (χ0n) is 11.2. The monoisotopic (exact) mass is 229 g/mol. The Kier molecular flexibility index (Phi) is 5.02. The van der Waals surface area contributed by atoms with E-state index < -0.39 is 0 Å². The molecule has 1 aliphatic carbocycles. The first-order chi connectivity index (χ1) is 8.12. The van der Waals surface area contributed by atoms with Crippen molar-refractivity contribution in [3.8, 4) is 0 Å². The summed E-state index contributed by atoms with van der Waals surface area (Å²) in [5, 5.41) is 0. The number of allylic oxidation sites excluding steroid dienone is 7. The van der Waals surface area contributed by atoms with Crippen molar-refractivity contribution in [3.05, 3.63) is 60.4 Å². The summed E-state index contributed by atoms with van der Waals surface area (Å²) in [4.78, 5) is 2.06. The fraction of sp³-hybridized carbons (Fsp3) is 0.375. The lowest BCUT2D eigenvalue weighted by atomic mass is 9.80. The van der Waals surface area contributed by atoms with Crippen molar-refractivity contribution in [1.82, 2.24) is 4.90 Å². The molecule has 0 aromatic heterocycles. The normalized spacial score (nSPS) is 23.2. The molecular formula is C16H23N. The maximum atomic E-state index is 3.93. The van der Waals surface area contributed by atoms with Crippen LogP contribution in [0.1, 0.15) is 19.8 Å². The van der Waals surface area contributed by atoms with Gasteiger partial charge in [-0.15, -0.1) is 6.58 Å². The van der Waals surface area contributed by atoms with E-state index in [2.05, 4.69) is 43.3 Å². The van der Waals surface area contributed by atoms with E-state index in [0.717, 1.165) is 12.8 Å². The molecule has 17 heavy (non-hydrogen) atoms. The highest BCUT2D eigenvalue weighted by atomic mass is 15.0. The molecule has 92 valence electrons. The topological polar surface area (TPSA) is 3.24 Å². The van der Waals surface area contributed by atoms with Gasteiger partial charge in [0.2, 0.25) is 0 Å². The Balaban J connectivity index is 3.03. The van der Waals surface area contributed by atoms with E-state index >= 15 is 0 Å². The smallest absolute Gasteiger partial charge is 0.00556 e. The summed E-state index contributed by atoms with van der Waals surface area (Å²) in [6.07, 6.45) is 12.6. The molecule has 0 saturated heterocycles. The van der Waals surface area contributed by atoms with Crippen LogP contribution in [-0.2, 0) is 0 Å². The molecule has 0 radical (unpaired) electrons. The average Bonchev–Trinajstić information content (AvgIpc) is 2.34. The van der Waals surface area contributed by atoms with E-state index in [1.165, 1.54) is 16.7 Å². The van der Waals surface area contributed by atoms with Crippen molar-refractivity contribution in [2.75, 3.05) is 14.1 Å². The first-order valence-electron chi connectivity index (χ1n) is 6.09. The van der Waals surface area contributed by atoms with Crippen LogP contribution in [0.2, 0.25) is 0 Å². The first kappa shape index (κ1) is 13.6. The lowest BCUT2D eigenvalue weighted by Gasteiger charge is -2.25. The zero-order chi connectivity index (χ0) is 12.8. The Labute approximate surface area is 106 Å². The van der Waals surface area contributed by atoms with E-state index in [-0.39, 0.29) is 0 Å². The molecule has 1 aliphatic rings. The molecule has 0 amide bonds. The SMILES string of the molecule is C=CC1=C(C=CN(C)C)CC(=CC)C(C=C)C1. The molecule has 0 aromatic rings. The van der Waals surface area contributed by atoms with Crippen molar-refractivity contribution in [2.24, 2.45) is 5.92 Å². The van der Waals surface area contributed by atoms with Gasteiger partial charge in [0, 0.05) is 20.0 Å². The Morgan fingerprint density at radius 2 is 1.94 bits per heavy atom. The maximum absolute atomic E-state index is 3.93. The van der Waals surface area contributed by atoms with Crippen molar-refractivity contribution in [2.45, 2.75) is 19.8 Å². The van der Waals surface area contributed by atoms with E-state index in [0.29, 0.717) is 5.92 Å². The van der Waals surface area contributed by atoms with Crippen LogP contribution in [0.4, 0.5) is 0 Å². The quantitative estimate of drug-likeness (QED) is 0.656. The molecule has 1 unspecified atom stereocenters. The van der Waals surface area contributed by atoms with Gasteiger partial charge in [0.05, 0.1) is 0 Å². The highest BCUT2D eigenvalue weighted by molar-refractivity contribution is 5.41. The summed E-state index contributed by atoms with van der Waals surface area (Å²) < 4.78 is 0. The summed E-state index contributed by atoms with van der Waals surface area (Å²) in [5.74, 6) is 0.476. The van der Waals surface area contributed by atoms with Gasteiger partial charge in [-0.25, -0.2) is 0 Å². The van der Waals surface area contributed by atoms with E-state index in [9.17, 15) is 0 Å².